The molecule has 0 radical (unpaired) electrons. The lowest BCUT2D eigenvalue weighted by atomic mass is 10.1. The summed E-state index contributed by atoms with van der Waals surface area (Å²) in [5.74, 6) is 1.75. The second-order valence-electron chi connectivity index (χ2n) is 5.35. The fourth-order valence-corrected chi connectivity index (χ4v) is 2.64. The summed E-state index contributed by atoms with van der Waals surface area (Å²) in [5.41, 5.74) is 1.09. The van der Waals surface area contributed by atoms with Gasteiger partial charge >= 0.3 is 0 Å². The van der Waals surface area contributed by atoms with Gasteiger partial charge < -0.3 is 14.8 Å². The van der Waals surface area contributed by atoms with Crippen LogP contribution in [-0.2, 0) is 6.54 Å². The van der Waals surface area contributed by atoms with Gasteiger partial charge in [0.2, 0.25) is 5.95 Å². The molecule has 1 aromatic rings. The van der Waals surface area contributed by atoms with E-state index >= 15 is 0 Å². The molecule has 0 bridgehead atoms. The molecule has 1 saturated heterocycles. The van der Waals surface area contributed by atoms with Gasteiger partial charge in [0.15, 0.2) is 0 Å². The Bertz CT molecular complexity index is 369. The topological polar surface area (TPSA) is 33.1 Å². The highest BCUT2D eigenvalue weighted by molar-refractivity contribution is 5.27. The van der Waals surface area contributed by atoms with Crippen LogP contribution in [0.3, 0.4) is 0 Å². The molecule has 1 aliphatic rings. The number of hydrogen-bond acceptors (Lipinski definition) is 3. The van der Waals surface area contributed by atoms with Crippen LogP contribution in [0.4, 0.5) is 5.95 Å². The van der Waals surface area contributed by atoms with E-state index in [1.54, 1.807) is 0 Å². The van der Waals surface area contributed by atoms with Crippen LogP contribution in [0.2, 0.25) is 0 Å². The van der Waals surface area contributed by atoms with E-state index in [2.05, 4.69) is 39.8 Å². The quantitative estimate of drug-likeness (QED) is 0.867. The molecule has 96 valence electrons. The largest absolute Gasteiger partial charge is 0.359 e. The van der Waals surface area contributed by atoms with Crippen molar-refractivity contribution in [3.8, 4) is 0 Å². The molecule has 0 aliphatic carbocycles. The lowest BCUT2D eigenvalue weighted by molar-refractivity contribution is 0.261. The molecule has 1 fully saturated rings. The number of rotatable bonds is 4. The number of hydrogen-bond donors (Lipinski definition) is 1. The van der Waals surface area contributed by atoms with Gasteiger partial charge in [-0.1, -0.05) is 0 Å². The third-order valence-corrected chi connectivity index (χ3v) is 3.62. The van der Waals surface area contributed by atoms with Gasteiger partial charge in [-0.05, 0) is 39.7 Å². The van der Waals surface area contributed by atoms with Crippen molar-refractivity contribution >= 4 is 5.95 Å². The van der Waals surface area contributed by atoms with E-state index in [-0.39, 0.29) is 0 Å². The zero-order chi connectivity index (χ0) is 12.4. The second-order valence-corrected chi connectivity index (χ2v) is 5.35. The highest BCUT2D eigenvalue weighted by Crippen LogP contribution is 2.21. The van der Waals surface area contributed by atoms with E-state index in [0.717, 1.165) is 24.1 Å². The lowest BCUT2D eigenvalue weighted by Crippen LogP contribution is -2.28. The highest BCUT2D eigenvalue weighted by Gasteiger charge is 2.24. The average molecular weight is 236 g/mol. The summed E-state index contributed by atoms with van der Waals surface area (Å²) in [6, 6.07) is 0.674. The van der Waals surface area contributed by atoms with E-state index in [4.69, 9.17) is 0 Å². The summed E-state index contributed by atoms with van der Waals surface area (Å²) in [4.78, 5) is 7.03. The molecule has 0 saturated carbocycles. The number of aryl methyl sites for hydroxylation is 1. The Hall–Kier alpha value is -1.03. The van der Waals surface area contributed by atoms with Crippen LogP contribution in [0.25, 0.3) is 0 Å². The van der Waals surface area contributed by atoms with Crippen LogP contribution in [-0.4, -0.2) is 40.6 Å². The molecule has 4 heteroatoms. The van der Waals surface area contributed by atoms with Gasteiger partial charge in [-0.3, -0.25) is 0 Å². The first-order valence-electron chi connectivity index (χ1n) is 6.55. The molecule has 2 rings (SSSR count). The zero-order valence-electron chi connectivity index (χ0n) is 11.4. The van der Waals surface area contributed by atoms with Gasteiger partial charge in [-0.25, -0.2) is 4.98 Å². The summed E-state index contributed by atoms with van der Waals surface area (Å²) in [5, 5.41) is 3.16. The summed E-state index contributed by atoms with van der Waals surface area (Å²) in [6.45, 7) is 10.2. The summed E-state index contributed by atoms with van der Waals surface area (Å²) in [7, 11) is 1.94. The van der Waals surface area contributed by atoms with E-state index in [1.807, 2.05) is 14.0 Å². The third kappa shape index (κ3) is 2.80. The van der Waals surface area contributed by atoms with Gasteiger partial charge in [-0.2, -0.15) is 0 Å². The second kappa shape index (κ2) is 5.08. The van der Waals surface area contributed by atoms with Crippen LogP contribution in [0.1, 0.15) is 26.0 Å². The van der Waals surface area contributed by atoms with Gasteiger partial charge in [0.05, 0.1) is 5.69 Å². The lowest BCUT2D eigenvalue weighted by Gasteiger charge is -2.20. The van der Waals surface area contributed by atoms with Crippen LogP contribution in [0.5, 0.6) is 0 Å². The van der Waals surface area contributed by atoms with Crippen molar-refractivity contribution in [3.63, 3.8) is 0 Å². The SMILES string of the molecule is CNc1nc(C)cn1CC1CCN(C(C)C)C1. The van der Waals surface area contributed by atoms with Crippen molar-refractivity contribution in [3.05, 3.63) is 11.9 Å². The van der Waals surface area contributed by atoms with Gasteiger partial charge in [-0.15, -0.1) is 0 Å². The number of anilines is 1. The smallest absolute Gasteiger partial charge is 0.202 e. The first-order valence-corrected chi connectivity index (χ1v) is 6.55. The highest BCUT2D eigenvalue weighted by atomic mass is 15.2. The molecule has 0 spiro atoms. The predicted molar refractivity (Wildman–Crippen MR) is 71.3 cm³/mol. The molecule has 1 N–H and O–H groups in total. The van der Waals surface area contributed by atoms with Gasteiger partial charge in [0, 0.05) is 32.4 Å². The third-order valence-electron chi connectivity index (χ3n) is 3.62. The van der Waals surface area contributed by atoms with E-state index in [1.165, 1.54) is 19.5 Å². The first kappa shape index (κ1) is 12.4. The number of imidazole rings is 1. The zero-order valence-corrected chi connectivity index (χ0v) is 11.4. The van der Waals surface area contributed by atoms with Crippen molar-refractivity contribution in [1.29, 1.82) is 0 Å². The Morgan fingerprint density at radius 2 is 2.29 bits per heavy atom. The molecule has 0 aromatic carbocycles. The van der Waals surface area contributed by atoms with Crippen LogP contribution < -0.4 is 5.32 Å². The first-order chi connectivity index (χ1) is 8.10. The monoisotopic (exact) mass is 236 g/mol. The van der Waals surface area contributed by atoms with Crippen LogP contribution in [0.15, 0.2) is 6.20 Å². The van der Waals surface area contributed by atoms with E-state index in [0.29, 0.717) is 6.04 Å². The molecular weight excluding hydrogens is 212 g/mol. The maximum Gasteiger partial charge on any atom is 0.202 e. The van der Waals surface area contributed by atoms with Crippen molar-refractivity contribution in [2.45, 2.75) is 39.8 Å². The normalized spacial score (nSPS) is 21.4. The van der Waals surface area contributed by atoms with E-state index in [9.17, 15) is 0 Å². The fraction of sp³-hybridized carbons (Fsp3) is 0.769. The van der Waals surface area contributed by atoms with E-state index < -0.39 is 0 Å². The Morgan fingerprint density at radius 1 is 1.53 bits per heavy atom. The molecule has 1 aromatic heterocycles. The van der Waals surface area contributed by atoms with Gasteiger partial charge in [0.25, 0.3) is 0 Å². The Morgan fingerprint density at radius 3 is 2.88 bits per heavy atom. The average Bonchev–Trinajstić information content (AvgIpc) is 2.86. The van der Waals surface area contributed by atoms with Crippen molar-refractivity contribution in [1.82, 2.24) is 14.5 Å². The number of nitrogens with zero attached hydrogens (tertiary/aromatic N) is 3. The molecule has 17 heavy (non-hydrogen) atoms. The number of nitrogens with one attached hydrogen (secondary N) is 1. The Kier molecular flexibility index (Phi) is 3.72. The van der Waals surface area contributed by atoms with Gasteiger partial charge in [0.1, 0.15) is 0 Å². The number of aromatic nitrogens is 2. The summed E-state index contributed by atoms with van der Waals surface area (Å²) in [6.07, 6.45) is 3.45. The molecular formula is C13H24N4. The van der Waals surface area contributed by atoms with Crippen molar-refractivity contribution in [2.75, 3.05) is 25.5 Å². The summed E-state index contributed by atoms with van der Waals surface area (Å²) >= 11 is 0. The molecule has 0 amide bonds. The standard InChI is InChI=1S/C13H24N4/c1-10(2)16-6-5-12(8-16)9-17-7-11(3)15-13(17)14-4/h7,10,12H,5-6,8-9H2,1-4H3,(H,14,15). The number of likely N-dealkylation sites (tertiary alicyclic amines) is 1. The van der Waals surface area contributed by atoms with Crippen LogP contribution in [0, 0.1) is 12.8 Å². The minimum absolute atomic E-state index is 0.674. The Labute approximate surface area is 104 Å². The minimum atomic E-state index is 0.674. The maximum absolute atomic E-state index is 4.46. The van der Waals surface area contributed by atoms with Crippen molar-refractivity contribution < 1.29 is 0 Å². The predicted octanol–water partition coefficient (Wildman–Crippen LogP) is 1.96. The molecule has 2 heterocycles. The Balaban J connectivity index is 1.97. The summed E-state index contributed by atoms with van der Waals surface area (Å²) < 4.78 is 2.25. The fourth-order valence-electron chi connectivity index (χ4n) is 2.64. The molecule has 4 nitrogen and oxygen atoms in total. The maximum atomic E-state index is 4.46. The molecule has 1 aliphatic heterocycles. The molecule has 1 unspecified atom stereocenters. The van der Waals surface area contributed by atoms with Crippen LogP contribution >= 0.6 is 0 Å². The minimum Gasteiger partial charge on any atom is -0.359 e. The molecule has 1 atom stereocenters. The van der Waals surface area contributed by atoms with Crippen molar-refractivity contribution in [2.24, 2.45) is 5.92 Å².